The maximum atomic E-state index is 13.7. The molecule has 9 nitrogen and oxygen atoms in total. The van der Waals surface area contributed by atoms with E-state index in [1.165, 1.54) is 57.4 Å². The molecule has 5 rings (SSSR count). The summed E-state index contributed by atoms with van der Waals surface area (Å²) >= 11 is 0. The summed E-state index contributed by atoms with van der Waals surface area (Å²) in [5.74, 6) is -1.80. The van der Waals surface area contributed by atoms with Gasteiger partial charge in [0.15, 0.2) is 0 Å². The van der Waals surface area contributed by atoms with E-state index in [0.717, 1.165) is 14.9 Å². The lowest BCUT2D eigenvalue weighted by molar-refractivity contribution is -0.141. The van der Waals surface area contributed by atoms with Gasteiger partial charge in [0.25, 0.3) is 11.8 Å². The summed E-state index contributed by atoms with van der Waals surface area (Å²) in [6.07, 6.45) is 3.29. The van der Waals surface area contributed by atoms with Crippen LogP contribution in [0.3, 0.4) is 0 Å². The quantitative estimate of drug-likeness (QED) is 0.226. The van der Waals surface area contributed by atoms with Gasteiger partial charge in [-0.2, -0.15) is 10.4 Å². The SMILES string of the molecule is CC1=C(C#N)C(=O)N(Cc2ccc(F)cc2)C(=O)/C1=C/c1cn(-c2ccccc2)nc1-c1ccc(S(=O)(=O)N(C)C)cc1. The van der Waals surface area contributed by atoms with E-state index >= 15 is 0 Å². The van der Waals surface area contributed by atoms with Gasteiger partial charge in [0.2, 0.25) is 10.0 Å². The number of carbonyl (C=O) groups is 2. The zero-order valence-corrected chi connectivity index (χ0v) is 24.3. The van der Waals surface area contributed by atoms with Crippen LogP contribution < -0.4 is 0 Å². The van der Waals surface area contributed by atoms with E-state index < -0.39 is 27.7 Å². The lowest BCUT2D eigenvalue weighted by Gasteiger charge is -2.27. The molecule has 4 aromatic rings. The fraction of sp³-hybridized carbons (Fsp3) is 0.125. The molecule has 0 spiro atoms. The van der Waals surface area contributed by atoms with Crippen molar-refractivity contribution < 1.29 is 22.4 Å². The average molecular weight is 596 g/mol. The number of sulfonamides is 1. The summed E-state index contributed by atoms with van der Waals surface area (Å²) in [7, 11) is -0.753. The van der Waals surface area contributed by atoms with Gasteiger partial charge in [-0.25, -0.2) is 21.8 Å². The number of rotatable bonds is 7. The van der Waals surface area contributed by atoms with Gasteiger partial charge in [0.1, 0.15) is 17.5 Å². The predicted octanol–water partition coefficient (Wildman–Crippen LogP) is 4.72. The van der Waals surface area contributed by atoms with E-state index in [1.807, 2.05) is 36.4 Å². The summed E-state index contributed by atoms with van der Waals surface area (Å²) in [4.78, 5) is 28.0. The van der Waals surface area contributed by atoms with Crippen LogP contribution in [0.2, 0.25) is 0 Å². The smallest absolute Gasteiger partial charge is 0.269 e. The summed E-state index contributed by atoms with van der Waals surface area (Å²) in [6, 6.07) is 22.8. The minimum absolute atomic E-state index is 0.110. The van der Waals surface area contributed by atoms with Crippen LogP contribution in [-0.4, -0.2) is 53.3 Å². The van der Waals surface area contributed by atoms with Crippen LogP contribution in [0.5, 0.6) is 0 Å². The molecule has 3 aromatic carbocycles. The number of para-hydroxylation sites is 1. The van der Waals surface area contributed by atoms with E-state index in [4.69, 9.17) is 5.10 Å². The van der Waals surface area contributed by atoms with Crippen LogP contribution in [0.1, 0.15) is 18.1 Å². The van der Waals surface area contributed by atoms with E-state index in [1.54, 1.807) is 29.1 Å². The van der Waals surface area contributed by atoms with E-state index in [0.29, 0.717) is 22.4 Å². The Morgan fingerprint density at radius 3 is 2.21 bits per heavy atom. The molecule has 2 heterocycles. The molecule has 0 bridgehead atoms. The van der Waals surface area contributed by atoms with Crippen molar-refractivity contribution in [3.8, 4) is 23.0 Å². The van der Waals surface area contributed by atoms with Crippen molar-refractivity contribution in [2.45, 2.75) is 18.4 Å². The highest BCUT2D eigenvalue weighted by Crippen LogP contribution is 2.32. The van der Waals surface area contributed by atoms with Crippen LogP contribution in [0, 0.1) is 17.1 Å². The van der Waals surface area contributed by atoms with Gasteiger partial charge >= 0.3 is 0 Å². The molecule has 0 fully saturated rings. The first kappa shape index (κ1) is 29.3. The number of benzene rings is 3. The zero-order chi connectivity index (χ0) is 30.9. The number of halogens is 1. The number of hydrogen-bond donors (Lipinski definition) is 0. The Morgan fingerprint density at radius 1 is 0.953 bits per heavy atom. The third kappa shape index (κ3) is 5.66. The molecule has 216 valence electrons. The Kier molecular flexibility index (Phi) is 7.91. The van der Waals surface area contributed by atoms with Crippen molar-refractivity contribution in [3.05, 3.63) is 119 Å². The number of imide groups is 1. The van der Waals surface area contributed by atoms with E-state index in [-0.39, 0.29) is 28.2 Å². The van der Waals surface area contributed by atoms with Crippen LogP contribution in [0.4, 0.5) is 4.39 Å². The molecule has 1 aliphatic heterocycles. The molecule has 0 saturated heterocycles. The Balaban J connectivity index is 1.64. The van der Waals surface area contributed by atoms with Crippen molar-refractivity contribution in [1.29, 1.82) is 5.26 Å². The Hall–Kier alpha value is -5.18. The molecule has 1 aliphatic rings. The number of aromatic nitrogens is 2. The molecule has 0 aliphatic carbocycles. The lowest BCUT2D eigenvalue weighted by atomic mass is 9.93. The summed E-state index contributed by atoms with van der Waals surface area (Å²) in [5, 5.41) is 14.6. The highest BCUT2D eigenvalue weighted by atomic mass is 32.2. The molecule has 1 aromatic heterocycles. The number of nitriles is 1. The fourth-order valence-corrected chi connectivity index (χ4v) is 5.53. The Morgan fingerprint density at radius 2 is 1.60 bits per heavy atom. The molecule has 43 heavy (non-hydrogen) atoms. The topological polar surface area (TPSA) is 116 Å². The largest absolute Gasteiger partial charge is 0.271 e. The third-order valence-corrected chi connectivity index (χ3v) is 8.88. The molecule has 11 heteroatoms. The predicted molar refractivity (Wildman–Crippen MR) is 158 cm³/mol. The van der Waals surface area contributed by atoms with Gasteiger partial charge < -0.3 is 0 Å². The molecule has 0 atom stereocenters. The van der Waals surface area contributed by atoms with Crippen molar-refractivity contribution >= 4 is 27.9 Å². The van der Waals surface area contributed by atoms with Crippen LogP contribution in [0.15, 0.2) is 107 Å². The van der Waals surface area contributed by atoms with Gasteiger partial charge in [-0.05, 0) is 60.5 Å². The van der Waals surface area contributed by atoms with Gasteiger partial charge in [-0.15, -0.1) is 0 Å². The molecular weight excluding hydrogens is 569 g/mol. The molecule has 0 unspecified atom stereocenters. The first-order valence-electron chi connectivity index (χ1n) is 13.1. The Labute approximate surface area is 248 Å². The highest BCUT2D eigenvalue weighted by molar-refractivity contribution is 7.89. The minimum atomic E-state index is -3.65. The maximum absolute atomic E-state index is 13.7. The van der Waals surface area contributed by atoms with Gasteiger partial charge in [-0.3, -0.25) is 14.5 Å². The van der Waals surface area contributed by atoms with Crippen molar-refractivity contribution in [2.24, 2.45) is 0 Å². The normalized spacial score (nSPS) is 15.0. The second-order valence-electron chi connectivity index (χ2n) is 10.0. The standard InChI is InChI=1S/C32H26FN5O4S/c1-21-28(31(39)37(32(40)29(21)18-34)19-22-9-13-25(33)14-10-22)17-24-20-38(26-7-5-4-6-8-26)35-30(24)23-11-15-27(16-12-23)43(41,42)36(2)3/h4-17,20H,19H2,1-3H3/b28-17+. The molecule has 0 radical (unpaired) electrons. The number of nitrogens with zero attached hydrogens (tertiary/aromatic N) is 5. The molecular formula is C32H26FN5O4S. The number of hydrogen-bond acceptors (Lipinski definition) is 6. The number of carbonyl (C=O) groups excluding carboxylic acids is 2. The van der Waals surface area contributed by atoms with Crippen LogP contribution in [0.25, 0.3) is 23.0 Å². The summed E-state index contributed by atoms with van der Waals surface area (Å²) in [5.41, 5.74) is 2.97. The van der Waals surface area contributed by atoms with Gasteiger partial charge in [-0.1, -0.05) is 42.5 Å². The maximum Gasteiger partial charge on any atom is 0.271 e. The monoisotopic (exact) mass is 595 g/mol. The first-order valence-corrected chi connectivity index (χ1v) is 14.6. The van der Waals surface area contributed by atoms with E-state index in [9.17, 15) is 27.7 Å². The third-order valence-electron chi connectivity index (χ3n) is 7.05. The first-order chi connectivity index (χ1) is 20.5. The molecule has 0 N–H and O–H groups in total. The van der Waals surface area contributed by atoms with Crippen molar-refractivity contribution in [2.75, 3.05) is 14.1 Å². The summed E-state index contributed by atoms with van der Waals surface area (Å²) < 4.78 is 41.4. The second-order valence-corrected chi connectivity index (χ2v) is 12.2. The van der Waals surface area contributed by atoms with Gasteiger partial charge in [0.05, 0.1) is 22.8 Å². The van der Waals surface area contributed by atoms with Crippen LogP contribution in [-0.2, 0) is 26.2 Å². The highest BCUT2D eigenvalue weighted by Gasteiger charge is 2.36. The fourth-order valence-electron chi connectivity index (χ4n) is 4.63. The molecule has 0 saturated carbocycles. The zero-order valence-electron chi connectivity index (χ0n) is 23.5. The number of amides is 2. The Bertz CT molecular complexity index is 1940. The second kappa shape index (κ2) is 11.6. The lowest BCUT2D eigenvalue weighted by Crippen LogP contribution is -2.42. The summed E-state index contributed by atoms with van der Waals surface area (Å²) in [6.45, 7) is 1.39. The minimum Gasteiger partial charge on any atom is -0.269 e. The van der Waals surface area contributed by atoms with Crippen LogP contribution >= 0.6 is 0 Å². The van der Waals surface area contributed by atoms with E-state index in [2.05, 4.69) is 0 Å². The van der Waals surface area contributed by atoms with Crippen molar-refractivity contribution in [1.82, 2.24) is 19.0 Å². The average Bonchev–Trinajstić information content (AvgIpc) is 3.43. The van der Waals surface area contributed by atoms with Crippen molar-refractivity contribution in [3.63, 3.8) is 0 Å². The molecule has 2 amide bonds. The van der Waals surface area contributed by atoms with Gasteiger partial charge in [0, 0.05) is 37.0 Å².